The van der Waals surface area contributed by atoms with Crippen LogP contribution in [0.15, 0.2) is 46.7 Å². The largest absolute Gasteiger partial charge is 0.480 e. The van der Waals surface area contributed by atoms with Crippen molar-refractivity contribution < 1.29 is 18.3 Å². The topological polar surface area (TPSA) is 74.7 Å². The Morgan fingerprint density at radius 3 is 2.62 bits per heavy atom. The number of sulfonamides is 1. The van der Waals surface area contributed by atoms with Gasteiger partial charge in [0.2, 0.25) is 10.0 Å². The van der Waals surface area contributed by atoms with E-state index in [0.29, 0.717) is 12.0 Å². The van der Waals surface area contributed by atoms with Gasteiger partial charge >= 0.3 is 5.97 Å². The number of hydrogen-bond donors (Lipinski definition) is 1. The van der Waals surface area contributed by atoms with Gasteiger partial charge in [0.25, 0.3) is 0 Å². The molecule has 0 bridgehead atoms. The Balaban J connectivity index is 2.08. The highest BCUT2D eigenvalue weighted by molar-refractivity contribution is 7.89. The van der Waals surface area contributed by atoms with Gasteiger partial charge in [-0.2, -0.15) is 4.31 Å². The molecule has 5 nitrogen and oxygen atoms in total. The molecule has 1 N–H and O–H groups in total. The van der Waals surface area contributed by atoms with E-state index in [9.17, 15) is 18.3 Å². The zero-order chi connectivity index (χ0) is 15.0. The van der Waals surface area contributed by atoms with Crippen LogP contribution in [0.1, 0.15) is 16.5 Å². The Hall–Kier alpha value is -1.70. The number of carboxylic acid groups (broad SMARTS) is 1. The van der Waals surface area contributed by atoms with Crippen molar-refractivity contribution in [3.8, 4) is 0 Å². The van der Waals surface area contributed by atoms with Gasteiger partial charge < -0.3 is 5.11 Å². The van der Waals surface area contributed by atoms with Crippen LogP contribution < -0.4 is 0 Å². The Kier molecular flexibility index (Phi) is 3.56. The van der Waals surface area contributed by atoms with Gasteiger partial charge in [-0.25, -0.2) is 8.42 Å². The number of benzene rings is 1. The molecule has 21 heavy (non-hydrogen) atoms. The number of aliphatic carboxylic acids is 1. The summed E-state index contributed by atoms with van der Waals surface area (Å²) in [4.78, 5) is 12.7. The van der Waals surface area contributed by atoms with E-state index in [1.54, 1.807) is 29.6 Å². The minimum Gasteiger partial charge on any atom is -0.480 e. The van der Waals surface area contributed by atoms with Crippen LogP contribution in [0, 0.1) is 0 Å². The van der Waals surface area contributed by atoms with Crippen LogP contribution in [0.4, 0.5) is 0 Å². The monoisotopic (exact) mass is 323 g/mol. The molecule has 1 aliphatic heterocycles. The van der Waals surface area contributed by atoms with Gasteiger partial charge in [0.1, 0.15) is 6.04 Å². The third-order valence-corrected chi connectivity index (χ3v) is 6.38. The molecular weight excluding hydrogens is 310 g/mol. The highest BCUT2D eigenvalue weighted by atomic mass is 32.2. The first kappa shape index (κ1) is 14.2. The lowest BCUT2D eigenvalue weighted by atomic mass is 10.0. The zero-order valence-electron chi connectivity index (χ0n) is 11.0. The maximum absolute atomic E-state index is 12.7. The van der Waals surface area contributed by atoms with Gasteiger partial charge in [0.05, 0.1) is 4.90 Å². The molecule has 3 rings (SSSR count). The van der Waals surface area contributed by atoms with E-state index < -0.39 is 22.0 Å². The van der Waals surface area contributed by atoms with Crippen molar-refractivity contribution in [2.75, 3.05) is 6.54 Å². The lowest BCUT2D eigenvalue weighted by Crippen LogP contribution is -2.42. The van der Waals surface area contributed by atoms with Gasteiger partial charge in [-0.3, -0.25) is 4.79 Å². The van der Waals surface area contributed by atoms with Crippen molar-refractivity contribution in [3.05, 3.63) is 52.2 Å². The summed E-state index contributed by atoms with van der Waals surface area (Å²) < 4.78 is 26.5. The molecule has 1 aromatic heterocycles. The molecule has 1 unspecified atom stereocenters. The van der Waals surface area contributed by atoms with Crippen LogP contribution in [-0.4, -0.2) is 30.3 Å². The standard InChI is InChI=1S/C14H13NO4S2/c16-14(17)13-11-7-9-20-12(11)6-8-15(13)21(18,19)10-4-2-1-3-5-10/h1-5,7,9,13H,6,8H2,(H,16,17). The number of fused-ring (bicyclic) bond motifs is 1. The van der Waals surface area contributed by atoms with Crippen LogP contribution in [0.5, 0.6) is 0 Å². The second-order valence-corrected chi connectivity index (χ2v) is 7.61. The Labute approximate surface area is 126 Å². The summed E-state index contributed by atoms with van der Waals surface area (Å²) in [5.41, 5.74) is 0.582. The van der Waals surface area contributed by atoms with Gasteiger partial charge in [-0.1, -0.05) is 18.2 Å². The number of rotatable bonds is 3. The Morgan fingerprint density at radius 2 is 1.95 bits per heavy atom. The summed E-state index contributed by atoms with van der Waals surface area (Å²) in [5, 5.41) is 11.3. The van der Waals surface area contributed by atoms with Crippen molar-refractivity contribution in [2.24, 2.45) is 0 Å². The average Bonchev–Trinajstić information content (AvgIpc) is 2.95. The minimum absolute atomic E-state index is 0.120. The van der Waals surface area contributed by atoms with Crippen LogP contribution >= 0.6 is 11.3 Å². The minimum atomic E-state index is -3.82. The van der Waals surface area contributed by atoms with E-state index in [4.69, 9.17) is 0 Å². The molecule has 0 saturated carbocycles. The second-order valence-electron chi connectivity index (χ2n) is 4.72. The van der Waals surface area contributed by atoms with Crippen molar-refractivity contribution >= 4 is 27.3 Å². The summed E-state index contributed by atoms with van der Waals surface area (Å²) in [6.45, 7) is 0.182. The van der Waals surface area contributed by atoms with Crippen LogP contribution in [0.2, 0.25) is 0 Å². The molecule has 1 aliphatic rings. The van der Waals surface area contributed by atoms with Crippen LogP contribution in [0.25, 0.3) is 0 Å². The van der Waals surface area contributed by atoms with Gasteiger partial charge in [-0.05, 0) is 35.6 Å². The first-order valence-corrected chi connectivity index (χ1v) is 8.70. The van der Waals surface area contributed by atoms with E-state index in [1.807, 2.05) is 0 Å². The first-order valence-electron chi connectivity index (χ1n) is 6.38. The lowest BCUT2D eigenvalue weighted by molar-refractivity contribution is -0.142. The van der Waals surface area contributed by atoms with Crippen molar-refractivity contribution in [1.29, 1.82) is 0 Å². The summed E-state index contributed by atoms with van der Waals surface area (Å²) in [6.07, 6.45) is 0.544. The second kappa shape index (κ2) is 5.25. The molecule has 0 fully saturated rings. The molecule has 0 spiro atoms. The SMILES string of the molecule is O=C(O)C1c2ccsc2CCN1S(=O)(=O)c1ccccc1. The van der Waals surface area contributed by atoms with Gasteiger partial charge in [-0.15, -0.1) is 11.3 Å². The summed E-state index contributed by atoms with van der Waals surface area (Å²) in [6, 6.07) is 8.50. The highest BCUT2D eigenvalue weighted by Gasteiger charge is 2.41. The third kappa shape index (κ3) is 2.37. The van der Waals surface area contributed by atoms with Crippen molar-refractivity contribution in [2.45, 2.75) is 17.4 Å². The average molecular weight is 323 g/mol. The summed E-state index contributed by atoms with van der Waals surface area (Å²) >= 11 is 1.47. The normalized spacial score (nSPS) is 19.1. The number of carbonyl (C=O) groups is 1. The number of hydrogen-bond acceptors (Lipinski definition) is 4. The molecule has 0 aliphatic carbocycles. The predicted molar refractivity (Wildman–Crippen MR) is 78.7 cm³/mol. The predicted octanol–water partition coefficient (Wildman–Crippen LogP) is 2.12. The zero-order valence-corrected chi connectivity index (χ0v) is 12.6. The molecule has 2 heterocycles. The van der Waals surface area contributed by atoms with Crippen LogP contribution in [-0.2, 0) is 21.2 Å². The van der Waals surface area contributed by atoms with E-state index in [1.165, 1.54) is 23.5 Å². The van der Waals surface area contributed by atoms with E-state index >= 15 is 0 Å². The molecule has 0 radical (unpaired) electrons. The van der Waals surface area contributed by atoms with Crippen LogP contribution in [0.3, 0.4) is 0 Å². The van der Waals surface area contributed by atoms with Crippen molar-refractivity contribution in [3.63, 3.8) is 0 Å². The van der Waals surface area contributed by atoms with E-state index in [-0.39, 0.29) is 11.4 Å². The number of nitrogens with zero attached hydrogens (tertiary/aromatic N) is 1. The molecule has 1 aromatic carbocycles. The maximum atomic E-state index is 12.7. The summed E-state index contributed by atoms with van der Waals surface area (Å²) in [5.74, 6) is -1.14. The molecule has 2 aromatic rings. The molecule has 7 heteroatoms. The highest BCUT2D eigenvalue weighted by Crippen LogP contribution is 2.36. The Morgan fingerprint density at radius 1 is 1.24 bits per heavy atom. The molecule has 110 valence electrons. The third-order valence-electron chi connectivity index (χ3n) is 3.51. The molecule has 0 amide bonds. The molecule has 0 saturated heterocycles. The van der Waals surface area contributed by atoms with E-state index in [0.717, 1.165) is 9.18 Å². The Bertz CT molecular complexity index is 767. The van der Waals surface area contributed by atoms with Gasteiger partial charge in [0, 0.05) is 11.4 Å². The van der Waals surface area contributed by atoms with E-state index in [2.05, 4.69) is 0 Å². The molecular formula is C14H13NO4S2. The quantitative estimate of drug-likeness (QED) is 0.939. The smallest absolute Gasteiger partial charge is 0.326 e. The van der Waals surface area contributed by atoms with Crippen molar-refractivity contribution in [1.82, 2.24) is 4.31 Å². The number of thiophene rings is 1. The summed E-state index contributed by atoms with van der Waals surface area (Å²) in [7, 11) is -3.82. The van der Waals surface area contributed by atoms with Gasteiger partial charge in [0.15, 0.2) is 0 Å². The number of carboxylic acids is 1. The fourth-order valence-corrected chi connectivity index (χ4v) is 5.02. The lowest BCUT2D eigenvalue weighted by Gasteiger charge is -2.32. The first-order chi connectivity index (χ1) is 10.0. The molecule has 1 atom stereocenters. The fraction of sp³-hybridized carbons (Fsp3) is 0.214. The fourth-order valence-electron chi connectivity index (χ4n) is 2.54. The maximum Gasteiger partial charge on any atom is 0.326 e.